The number of nitrogens with zero attached hydrogens (tertiary/aromatic N) is 4. The van der Waals surface area contributed by atoms with Crippen LogP contribution in [0.4, 0.5) is 0 Å². The highest BCUT2D eigenvalue weighted by molar-refractivity contribution is 6.32. The van der Waals surface area contributed by atoms with Crippen molar-refractivity contribution < 1.29 is 4.74 Å². The highest BCUT2D eigenvalue weighted by Gasteiger charge is 2.34. The summed E-state index contributed by atoms with van der Waals surface area (Å²) < 4.78 is 6.04. The molecule has 6 heteroatoms. The second kappa shape index (κ2) is 9.72. The van der Waals surface area contributed by atoms with Crippen LogP contribution >= 0.6 is 0 Å². The fraction of sp³-hybridized carbons (Fsp3) is 0.156. The van der Waals surface area contributed by atoms with Crippen LogP contribution in [-0.2, 0) is 5.54 Å². The quantitative estimate of drug-likeness (QED) is 0.248. The number of allylic oxidation sites excluding steroid dienone is 1. The Hall–Kier alpha value is -4.55. The smallest absolute Gasteiger partial charge is 0.209 e. The number of pyridine rings is 1. The summed E-state index contributed by atoms with van der Waals surface area (Å²) in [6, 6.07) is 26.5. The molecule has 188 valence electrons. The molecule has 1 aliphatic heterocycles. The van der Waals surface area contributed by atoms with Gasteiger partial charge in [-0.25, -0.2) is 10.0 Å². The molecular formula is C32H29N5O. The van der Waals surface area contributed by atoms with Crippen molar-refractivity contribution in [2.45, 2.75) is 31.7 Å². The van der Waals surface area contributed by atoms with E-state index < -0.39 is 0 Å². The minimum absolute atomic E-state index is 0.195. The van der Waals surface area contributed by atoms with Crippen LogP contribution in [0.1, 0.15) is 42.9 Å². The summed E-state index contributed by atoms with van der Waals surface area (Å²) in [6.45, 7) is 6.00. The molecule has 2 heterocycles. The average molecular weight is 500 g/mol. The minimum Gasteiger partial charge on any atom is -0.442 e. The Morgan fingerprint density at radius 2 is 1.76 bits per heavy atom. The third-order valence-corrected chi connectivity index (χ3v) is 7.20. The fourth-order valence-corrected chi connectivity index (χ4v) is 4.91. The van der Waals surface area contributed by atoms with E-state index in [0.29, 0.717) is 17.5 Å². The molecule has 0 spiro atoms. The number of benzene rings is 3. The van der Waals surface area contributed by atoms with Crippen molar-refractivity contribution in [3.8, 4) is 5.75 Å². The third kappa shape index (κ3) is 4.62. The molecule has 0 amide bonds. The van der Waals surface area contributed by atoms with E-state index in [4.69, 9.17) is 15.5 Å². The molecule has 0 saturated heterocycles. The standard InChI is InChI=1S/C32H29N5O/c1-22-35-31(26-9-12-28(13-10-26)32(33)16-6-17-32)30(25-7-4-3-5-8-25)21-37(22)36-23(2)38-29-14-11-24-15-18-34-20-27(24)19-29/h3-5,7-15,18-21H,1,6,16-17,33H2,2H3/b36-23+. The Kier molecular flexibility index (Phi) is 6.10. The molecule has 0 radical (unpaired) electrons. The molecule has 6 nitrogen and oxygen atoms in total. The number of hydrogen-bond donors (Lipinski definition) is 1. The van der Waals surface area contributed by atoms with Gasteiger partial charge in [0.1, 0.15) is 11.6 Å². The largest absolute Gasteiger partial charge is 0.442 e. The van der Waals surface area contributed by atoms with E-state index in [1.807, 2.05) is 61.8 Å². The first-order chi connectivity index (χ1) is 18.5. The summed E-state index contributed by atoms with van der Waals surface area (Å²) >= 11 is 0. The van der Waals surface area contributed by atoms with Gasteiger partial charge < -0.3 is 10.5 Å². The first-order valence-corrected chi connectivity index (χ1v) is 12.8. The summed E-state index contributed by atoms with van der Waals surface area (Å²) in [7, 11) is 0. The predicted molar refractivity (Wildman–Crippen MR) is 154 cm³/mol. The molecule has 2 aliphatic rings. The first kappa shape index (κ1) is 23.8. The molecule has 1 aliphatic carbocycles. The molecule has 0 atom stereocenters. The maximum Gasteiger partial charge on any atom is 0.209 e. The molecule has 0 bridgehead atoms. The SMILES string of the molecule is C=C1N=C(c2ccc(C3(N)CCC3)cc2)C(c2ccccc2)=CN1/N=C(\C)Oc1ccc2ccncc2c1. The van der Waals surface area contributed by atoms with Crippen LogP contribution in [0.15, 0.2) is 120 Å². The Morgan fingerprint density at radius 1 is 0.974 bits per heavy atom. The molecule has 6 rings (SSSR count). The van der Waals surface area contributed by atoms with Crippen LogP contribution in [0.3, 0.4) is 0 Å². The Balaban J connectivity index is 1.30. The number of hydrazone groups is 1. The maximum absolute atomic E-state index is 6.55. The van der Waals surface area contributed by atoms with E-state index >= 15 is 0 Å². The van der Waals surface area contributed by atoms with Gasteiger partial charge in [-0.05, 0) is 54.0 Å². The van der Waals surface area contributed by atoms with Crippen LogP contribution in [0.25, 0.3) is 16.3 Å². The van der Waals surface area contributed by atoms with Gasteiger partial charge in [-0.3, -0.25) is 4.98 Å². The van der Waals surface area contributed by atoms with E-state index in [9.17, 15) is 0 Å². The van der Waals surface area contributed by atoms with E-state index in [1.165, 1.54) is 12.0 Å². The summed E-state index contributed by atoms with van der Waals surface area (Å²) in [6.07, 6.45) is 8.80. The molecule has 38 heavy (non-hydrogen) atoms. The summed E-state index contributed by atoms with van der Waals surface area (Å²) in [5.74, 6) is 1.66. The topological polar surface area (TPSA) is 76.1 Å². The normalized spacial score (nSPS) is 17.1. The van der Waals surface area contributed by atoms with Gasteiger partial charge in [0.25, 0.3) is 0 Å². The van der Waals surface area contributed by atoms with Crippen molar-refractivity contribution in [1.82, 2.24) is 9.99 Å². The molecule has 3 aromatic carbocycles. The number of hydrogen-bond acceptors (Lipinski definition) is 6. The van der Waals surface area contributed by atoms with Crippen molar-refractivity contribution in [1.29, 1.82) is 0 Å². The monoisotopic (exact) mass is 499 g/mol. The van der Waals surface area contributed by atoms with Gasteiger partial charge in [0.05, 0.1) is 5.71 Å². The van der Waals surface area contributed by atoms with Gasteiger partial charge in [-0.2, -0.15) is 0 Å². The lowest BCUT2D eigenvalue weighted by atomic mass is 9.72. The molecule has 2 N–H and O–H groups in total. The number of fused-ring (bicyclic) bond motifs is 1. The van der Waals surface area contributed by atoms with Gasteiger partial charge in [-0.15, -0.1) is 5.10 Å². The first-order valence-electron chi connectivity index (χ1n) is 12.8. The Morgan fingerprint density at radius 3 is 2.50 bits per heavy atom. The van der Waals surface area contributed by atoms with E-state index in [1.54, 1.807) is 11.2 Å². The summed E-state index contributed by atoms with van der Waals surface area (Å²) in [5, 5.41) is 8.45. The Labute approximate surface area is 222 Å². The highest BCUT2D eigenvalue weighted by Crippen LogP contribution is 2.39. The highest BCUT2D eigenvalue weighted by atomic mass is 16.5. The van der Waals surface area contributed by atoms with Crippen LogP contribution in [0, 0.1) is 0 Å². The van der Waals surface area contributed by atoms with Crippen molar-refractivity contribution in [3.05, 3.63) is 127 Å². The number of nitrogens with two attached hydrogens (primary N) is 1. The maximum atomic E-state index is 6.55. The van der Waals surface area contributed by atoms with Crippen molar-refractivity contribution in [3.63, 3.8) is 0 Å². The van der Waals surface area contributed by atoms with E-state index in [-0.39, 0.29) is 5.54 Å². The zero-order valence-electron chi connectivity index (χ0n) is 21.3. The molecule has 0 unspecified atom stereocenters. The number of ether oxygens (including phenoxy) is 1. The second-order valence-electron chi connectivity index (χ2n) is 9.82. The van der Waals surface area contributed by atoms with Gasteiger partial charge in [-0.1, -0.05) is 67.2 Å². The summed E-state index contributed by atoms with van der Waals surface area (Å²) in [4.78, 5) is 9.09. The van der Waals surface area contributed by atoms with Gasteiger partial charge in [0.15, 0.2) is 0 Å². The van der Waals surface area contributed by atoms with Crippen molar-refractivity contribution >= 4 is 28.0 Å². The van der Waals surface area contributed by atoms with Crippen molar-refractivity contribution in [2.24, 2.45) is 15.8 Å². The third-order valence-electron chi connectivity index (χ3n) is 7.20. The average Bonchev–Trinajstić information content (AvgIpc) is 2.93. The lowest BCUT2D eigenvalue weighted by Gasteiger charge is -2.38. The molecule has 1 saturated carbocycles. The van der Waals surface area contributed by atoms with E-state index in [0.717, 1.165) is 46.0 Å². The number of aromatic nitrogens is 1. The molecule has 1 aromatic heterocycles. The molecular weight excluding hydrogens is 470 g/mol. The minimum atomic E-state index is -0.195. The fourth-order valence-electron chi connectivity index (χ4n) is 4.91. The van der Waals surface area contributed by atoms with Gasteiger partial charge >= 0.3 is 0 Å². The van der Waals surface area contributed by atoms with Crippen LogP contribution in [-0.4, -0.2) is 21.6 Å². The zero-order chi connectivity index (χ0) is 26.1. The predicted octanol–water partition coefficient (Wildman–Crippen LogP) is 6.60. The number of rotatable bonds is 5. The van der Waals surface area contributed by atoms with Crippen LogP contribution in [0.2, 0.25) is 0 Å². The van der Waals surface area contributed by atoms with E-state index in [2.05, 4.69) is 53.1 Å². The summed E-state index contributed by atoms with van der Waals surface area (Å²) in [5.41, 5.74) is 11.4. The van der Waals surface area contributed by atoms with Gasteiger partial charge in [0.2, 0.25) is 5.90 Å². The zero-order valence-corrected chi connectivity index (χ0v) is 21.3. The van der Waals surface area contributed by atoms with Crippen LogP contribution < -0.4 is 10.5 Å². The number of aliphatic imine (C=N–C) groups is 1. The van der Waals surface area contributed by atoms with Crippen LogP contribution in [0.5, 0.6) is 5.75 Å². The lowest BCUT2D eigenvalue weighted by Crippen LogP contribution is -2.43. The van der Waals surface area contributed by atoms with Crippen molar-refractivity contribution in [2.75, 3.05) is 0 Å². The second-order valence-corrected chi connectivity index (χ2v) is 9.82. The van der Waals surface area contributed by atoms with Gasteiger partial charge in [0, 0.05) is 47.6 Å². The molecule has 1 fully saturated rings. The molecule has 4 aromatic rings. The Bertz CT molecular complexity index is 1600. The lowest BCUT2D eigenvalue weighted by molar-refractivity contribution is 0.253.